The van der Waals surface area contributed by atoms with Crippen LogP contribution in [0.4, 0.5) is 5.69 Å². The molecule has 0 saturated carbocycles. The second kappa shape index (κ2) is 11.3. The minimum absolute atomic E-state index is 0.00258. The van der Waals surface area contributed by atoms with Crippen molar-refractivity contribution in [3.8, 4) is 22.8 Å². The zero-order chi connectivity index (χ0) is 28.4. The van der Waals surface area contributed by atoms with E-state index < -0.39 is 9.84 Å². The first-order valence-electron chi connectivity index (χ1n) is 13.5. The summed E-state index contributed by atoms with van der Waals surface area (Å²) >= 11 is 0. The Bertz CT molecular complexity index is 1660. The smallest absolute Gasteiger partial charge is 0.256 e. The molecule has 3 heterocycles. The standard InChI is InChI=1S/C30H34N4O5S/c1-5-6-7-20-8-11-22(12-9-20)31-30(35)24-17-25(21-10-13-26(38-3)27(16-21)39-4)32-29-28(24)19(2)33-34(29)23-14-15-40(36,37)18-23/h8-13,16-17,23H,5-7,14-15,18H2,1-4H3,(H,31,35). The lowest BCUT2D eigenvalue weighted by atomic mass is 10.0. The summed E-state index contributed by atoms with van der Waals surface area (Å²) in [5, 5.41) is 8.32. The largest absolute Gasteiger partial charge is 0.493 e. The Morgan fingerprint density at radius 2 is 1.82 bits per heavy atom. The average Bonchev–Trinajstić information content (AvgIpc) is 3.49. The molecule has 5 rings (SSSR count). The molecule has 1 unspecified atom stereocenters. The van der Waals surface area contributed by atoms with Gasteiger partial charge in [-0.1, -0.05) is 25.5 Å². The Morgan fingerprint density at radius 3 is 2.48 bits per heavy atom. The van der Waals surface area contributed by atoms with Crippen LogP contribution in [-0.2, 0) is 16.3 Å². The topological polar surface area (TPSA) is 112 Å². The number of rotatable bonds is 9. The lowest BCUT2D eigenvalue weighted by molar-refractivity contribution is 0.102. The number of aryl methyl sites for hydroxylation is 2. The summed E-state index contributed by atoms with van der Waals surface area (Å²) in [7, 11) is -0.0309. The van der Waals surface area contributed by atoms with Crippen LogP contribution in [0.5, 0.6) is 11.5 Å². The number of carbonyl (C=O) groups is 1. The number of aromatic nitrogens is 3. The minimum atomic E-state index is -3.16. The minimum Gasteiger partial charge on any atom is -0.493 e. The molecule has 0 aliphatic carbocycles. The van der Waals surface area contributed by atoms with Gasteiger partial charge in [-0.2, -0.15) is 5.10 Å². The van der Waals surface area contributed by atoms with Crippen LogP contribution in [0.1, 0.15) is 53.8 Å². The quantitative estimate of drug-likeness (QED) is 0.292. The van der Waals surface area contributed by atoms with Gasteiger partial charge in [-0.3, -0.25) is 4.79 Å². The van der Waals surface area contributed by atoms with Gasteiger partial charge >= 0.3 is 0 Å². The van der Waals surface area contributed by atoms with Gasteiger partial charge in [-0.05, 0) is 68.1 Å². The third-order valence-electron chi connectivity index (χ3n) is 7.35. The van der Waals surface area contributed by atoms with Crippen molar-refractivity contribution in [1.82, 2.24) is 14.8 Å². The maximum Gasteiger partial charge on any atom is 0.256 e. The van der Waals surface area contributed by atoms with Crippen molar-refractivity contribution >= 4 is 32.5 Å². The third kappa shape index (κ3) is 5.54. The second-order valence-corrected chi connectivity index (χ2v) is 12.4. The zero-order valence-electron chi connectivity index (χ0n) is 23.2. The van der Waals surface area contributed by atoms with Crippen LogP contribution in [0.2, 0.25) is 0 Å². The number of fused-ring (bicyclic) bond motifs is 1. The van der Waals surface area contributed by atoms with Crippen molar-refractivity contribution in [3.05, 3.63) is 65.4 Å². The number of carbonyl (C=O) groups excluding carboxylic acids is 1. The molecule has 1 saturated heterocycles. The van der Waals surface area contributed by atoms with Crippen LogP contribution in [0.3, 0.4) is 0 Å². The predicted octanol–water partition coefficient (Wildman–Crippen LogP) is 5.38. The Hall–Kier alpha value is -3.92. The van der Waals surface area contributed by atoms with Crippen LogP contribution in [0, 0.1) is 6.92 Å². The molecule has 1 atom stereocenters. The SMILES string of the molecule is CCCCc1ccc(NC(=O)c2cc(-c3ccc(OC)c(OC)c3)nc3c2c(C)nn3C2CCS(=O)(=O)C2)cc1. The van der Waals surface area contributed by atoms with E-state index in [0.29, 0.717) is 51.6 Å². The highest BCUT2D eigenvalue weighted by Gasteiger charge is 2.32. The number of amides is 1. The number of methoxy groups -OCH3 is 2. The van der Waals surface area contributed by atoms with E-state index in [4.69, 9.17) is 14.5 Å². The molecule has 210 valence electrons. The van der Waals surface area contributed by atoms with Crippen molar-refractivity contribution in [2.75, 3.05) is 31.0 Å². The van der Waals surface area contributed by atoms with E-state index >= 15 is 0 Å². The van der Waals surface area contributed by atoms with Gasteiger partial charge in [-0.25, -0.2) is 18.1 Å². The number of benzene rings is 2. The summed E-state index contributed by atoms with van der Waals surface area (Å²) < 4.78 is 37.1. The van der Waals surface area contributed by atoms with Gasteiger partial charge in [0.25, 0.3) is 5.91 Å². The summed E-state index contributed by atoms with van der Waals surface area (Å²) in [6, 6.07) is 14.7. The Kier molecular flexibility index (Phi) is 7.80. The zero-order valence-corrected chi connectivity index (χ0v) is 24.0. The maximum atomic E-state index is 13.8. The molecule has 0 radical (unpaired) electrons. The summed E-state index contributed by atoms with van der Waals surface area (Å²) in [6.45, 7) is 3.98. The van der Waals surface area contributed by atoms with E-state index in [0.717, 1.165) is 24.8 Å². The molecule has 10 heteroatoms. The molecule has 1 aliphatic heterocycles. The Balaban J connectivity index is 1.61. The lowest BCUT2D eigenvalue weighted by Gasteiger charge is -2.14. The highest BCUT2D eigenvalue weighted by Crippen LogP contribution is 2.35. The monoisotopic (exact) mass is 562 g/mol. The van der Waals surface area contributed by atoms with Crippen LogP contribution in [0.15, 0.2) is 48.5 Å². The van der Waals surface area contributed by atoms with E-state index in [-0.39, 0.29) is 23.5 Å². The van der Waals surface area contributed by atoms with E-state index in [2.05, 4.69) is 17.3 Å². The summed E-state index contributed by atoms with van der Waals surface area (Å²) in [4.78, 5) is 18.7. The Labute approximate surface area is 234 Å². The molecule has 9 nitrogen and oxygen atoms in total. The Morgan fingerprint density at radius 1 is 1.07 bits per heavy atom. The summed E-state index contributed by atoms with van der Waals surface area (Å²) in [5.41, 5.74) is 4.68. The fourth-order valence-corrected chi connectivity index (χ4v) is 6.88. The summed E-state index contributed by atoms with van der Waals surface area (Å²) in [5.74, 6) is 0.913. The molecule has 2 aromatic carbocycles. The van der Waals surface area contributed by atoms with Gasteiger partial charge in [0.1, 0.15) is 0 Å². The van der Waals surface area contributed by atoms with E-state index in [1.807, 2.05) is 37.3 Å². The number of nitrogens with one attached hydrogen (secondary N) is 1. The highest BCUT2D eigenvalue weighted by atomic mass is 32.2. The number of unbranched alkanes of at least 4 members (excludes halogenated alkanes) is 1. The molecular formula is C30H34N4O5S. The normalized spacial score (nSPS) is 16.2. The number of hydrogen-bond donors (Lipinski definition) is 1. The van der Waals surface area contributed by atoms with Crippen molar-refractivity contribution in [2.45, 2.75) is 45.6 Å². The van der Waals surface area contributed by atoms with Crippen LogP contribution < -0.4 is 14.8 Å². The highest BCUT2D eigenvalue weighted by molar-refractivity contribution is 7.91. The van der Waals surface area contributed by atoms with Gasteiger partial charge in [0, 0.05) is 11.3 Å². The fourth-order valence-electron chi connectivity index (χ4n) is 5.19. The number of sulfone groups is 1. The van der Waals surface area contributed by atoms with Crippen molar-refractivity contribution in [1.29, 1.82) is 0 Å². The van der Waals surface area contributed by atoms with Crippen molar-refractivity contribution in [3.63, 3.8) is 0 Å². The first-order valence-corrected chi connectivity index (χ1v) is 15.3. The molecule has 1 aliphatic rings. The lowest BCUT2D eigenvalue weighted by Crippen LogP contribution is -2.15. The first-order chi connectivity index (χ1) is 19.2. The maximum absolute atomic E-state index is 13.8. The molecule has 0 spiro atoms. The first kappa shape index (κ1) is 27.6. The summed E-state index contributed by atoms with van der Waals surface area (Å²) in [6.07, 6.45) is 3.69. The number of anilines is 1. The van der Waals surface area contributed by atoms with Crippen molar-refractivity contribution < 1.29 is 22.7 Å². The van der Waals surface area contributed by atoms with Crippen molar-refractivity contribution in [2.24, 2.45) is 0 Å². The van der Waals surface area contributed by atoms with Gasteiger partial charge in [-0.15, -0.1) is 0 Å². The van der Waals surface area contributed by atoms with Crippen LogP contribution in [-0.4, -0.2) is 54.8 Å². The molecule has 1 fully saturated rings. The molecule has 1 amide bonds. The molecule has 0 bridgehead atoms. The molecule has 40 heavy (non-hydrogen) atoms. The second-order valence-electron chi connectivity index (χ2n) is 10.2. The van der Waals surface area contributed by atoms with Crippen LogP contribution in [0.25, 0.3) is 22.3 Å². The predicted molar refractivity (Wildman–Crippen MR) is 156 cm³/mol. The average molecular weight is 563 g/mol. The number of pyridine rings is 1. The fraction of sp³-hybridized carbons (Fsp3) is 0.367. The number of ether oxygens (including phenoxy) is 2. The molecule has 2 aromatic heterocycles. The van der Waals surface area contributed by atoms with E-state index in [1.54, 1.807) is 37.1 Å². The molecule has 4 aromatic rings. The molecular weight excluding hydrogens is 528 g/mol. The van der Waals surface area contributed by atoms with E-state index in [1.165, 1.54) is 5.56 Å². The van der Waals surface area contributed by atoms with Gasteiger partial charge in [0.2, 0.25) is 0 Å². The molecule has 1 N–H and O–H groups in total. The van der Waals surface area contributed by atoms with Gasteiger partial charge < -0.3 is 14.8 Å². The number of hydrogen-bond acceptors (Lipinski definition) is 7. The van der Waals surface area contributed by atoms with Gasteiger partial charge in [0.05, 0.1) is 54.1 Å². The van der Waals surface area contributed by atoms with E-state index in [9.17, 15) is 13.2 Å². The third-order valence-corrected chi connectivity index (χ3v) is 9.10. The number of nitrogens with zero attached hydrogens (tertiary/aromatic N) is 3. The van der Waals surface area contributed by atoms with Gasteiger partial charge in [0.15, 0.2) is 27.0 Å². The van der Waals surface area contributed by atoms with Crippen LogP contribution >= 0.6 is 0 Å².